The highest BCUT2D eigenvalue weighted by molar-refractivity contribution is 5.94. The maximum atomic E-state index is 13.8. The Bertz CT molecular complexity index is 439. The first-order valence-electron chi connectivity index (χ1n) is 5.84. The standard InChI is InChI=1S/C13H15F2NO/c1-9(17)10-7-12(15)13(8-11(10)14)16-5-3-2-4-6-16/h7-8H,2-6H2,1H3. The van der Waals surface area contributed by atoms with Crippen LogP contribution in [-0.4, -0.2) is 18.9 Å². The fraction of sp³-hybridized carbons (Fsp3) is 0.462. The lowest BCUT2D eigenvalue weighted by Crippen LogP contribution is -2.30. The van der Waals surface area contributed by atoms with Crippen molar-refractivity contribution in [2.75, 3.05) is 18.0 Å². The Morgan fingerprint density at radius 1 is 1.12 bits per heavy atom. The van der Waals surface area contributed by atoms with E-state index >= 15 is 0 Å². The number of Topliss-reactive ketones (excluding diaryl/α,β-unsaturated/α-hetero) is 1. The van der Waals surface area contributed by atoms with Gasteiger partial charge in [0.1, 0.15) is 11.6 Å². The summed E-state index contributed by atoms with van der Waals surface area (Å²) in [7, 11) is 0. The molecule has 2 nitrogen and oxygen atoms in total. The highest BCUT2D eigenvalue weighted by atomic mass is 19.1. The number of anilines is 1. The first-order valence-corrected chi connectivity index (χ1v) is 5.84. The predicted molar refractivity (Wildman–Crippen MR) is 62.4 cm³/mol. The van der Waals surface area contributed by atoms with Gasteiger partial charge < -0.3 is 4.90 Å². The molecule has 0 saturated carbocycles. The molecule has 4 heteroatoms. The Morgan fingerprint density at radius 3 is 2.35 bits per heavy atom. The van der Waals surface area contributed by atoms with Crippen molar-refractivity contribution in [2.24, 2.45) is 0 Å². The maximum absolute atomic E-state index is 13.8. The van der Waals surface area contributed by atoms with E-state index in [9.17, 15) is 13.6 Å². The van der Waals surface area contributed by atoms with Crippen LogP contribution in [-0.2, 0) is 0 Å². The van der Waals surface area contributed by atoms with Crippen LogP contribution in [0.4, 0.5) is 14.5 Å². The highest BCUT2D eigenvalue weighted by Gasteiger charge is 2.18. The smallest absolute Gasteiger partial charge is 0.162 e. The molecule has 0 aliphatic carbocycles. The van der Waals surface area contributed by atoms with E-state index in [-0.39, 0.29) is 11.3 Å². The van der Waals surface area contributed by atoms with Crippen LogP contribution in [0.25, 0.3) is 0 Å². The van der Waals surface area contributed by atoms with E-state index in [4.69, 9.17) is 0 Å². The molecule has 0 unspecified atom stereocenters. The first kappa shape index (κ1) is 12.0. The molecule has 1 fully saturated rings. The number of carbonyl (C=O) groups excluding carboxylic acids is 1. The summed E-state index contributed by atoms with van der Waals surface area (Å²) in [5.74, 6) is -1.61. The Hall–Kier alpha value is -1.45. The summed E-state index contributed by atoms with van der Waals surface area (Å²) in [4.78, 5) is 12.9. The summed E-state index contributed by atoms with van der Waals surface area (Å²) in [6, 6.07) is 2.14. The summed E-state index contributed by atoms with van der Waals surface area (Å²) in [6.45, 7) is 2.73. The van der Waals surface area contributed by atoms with Gasteiger partial charge in [-0.05, 0) is 32.3 Å². The van der Waals surface area contributed by atoms with Crippen LogP contribution in [0.15, 0.2) is 12.1 Å². The maximum Gasteiger partial charge on any atom is 0.162 e. The zero-order valence-corrected chi connectivity index (χ0v) is 9.80. The topological polar surface area (TPSA) is 20.3 Å². The average molecular weight is 239 g/mol. The molecule has 1 aliphatic rings. The van der Waals surface area contributed by atoms with Crippen LogP contribution in [0.1, 0.15) is 36.5 Å². The van der Waals surface area contributed by atoms with Crippen molar-refractivity contribution >= 4 is 11.5 Å². The number of benzene rings is 1. The fourth-order valence-electron chi connectivity index (χ4n) is 2.18. The minimum atomic E-state index is -0.639. The lowest BCUT2D eigenvalue weighted by Gasteiger charge is -2.29. The highest BCUT2D eigenvalue weighted by Crippen LogP contribution is 2.26. The molecule has 17 heavy (non-hydrogen) atoms. The number of hydrogen-bond donors (Lipinski definition) is 0. The van der Waals surface area contributed by atoms with Crippen LogP contribution >= 0.6 is 0 Å². The van der Waals surface area contributed by atoms with Crippen molar-refractivity contribution in [3.05, 3.63) is 29.3 Å². The normalized spacial score (nSPS) is 16.1. The van der Waals surface area contributed by atoms with Gasteiger partial charge in [0.05, 0.1) is 11.3 Å². The largest absolute Gasteiger partial charge is 0.369 e. The minimum Gasteiger partial charge on any atom is -0.369 e. The molecule has 1 saturated heterocycles. The molecule has 1 aliphatic heterocycles. The molecule has 1 aromatic carbocycles. The number of ketones is 1. The molecular weight excluding hydrogens is 224 g/mol. The van der Waals surface area contributed by atoms with Gasteiger partial charge in [-0.1, -0.05) is 0 Å². The van der Waals surface area contributed by atoms with Crippen LogP contribution in [0.5, 0.6) is 0 Å². The van der Waals surface area contributed by atoms with Crippen molar-refractivity contribution in [3.63, 3.8) is 0 Å². The first-order chi connectivity index (χ1) is 8.09. The summed E-state index contributed by atoms with van der Waals surface area (Å²) in [5.41, 5.74) is 0.0930. The SMILES string of the molecule is CC(=O)c1cc(F)c(N2CCCCC2)cc1F. The van der Waals surface area contributed by atoms with E-state index in [1.165, 1.54) is 6.92 Å². The zero-order chi connectivity index (χ0) is 12.4. The molecule has 1 heterocycles. The van der Waals surface area contributed by atoms with E-state index in [1.54, 1.807) is 0 Å². The second-order valence-corrected chi connectivity index (χ2v) is 4.39. The van der Waals surface area contributed by atoms with Crippen molar-refractivity contribution in [2.45, 2.75) is 26.2 Å². The van der Waals surface area contributed by atoms with E-state index in [2.05, 4.69) is 0 Å². The number of nitrogens with zero attached hydrogens (tertiary/aromatic N) is 1. The van der Waals surface area contributed by atoms with Crippen LogP contribution in [0.3, 0.4) is 0 Å². The van der Waals surface area contributed by atoms with E-state index in [0.29, 0.717) is 0 Å². The van der Waals surface area contributed by atoms with Crippen molar-refractivity contribution in [1.29, 1.82) is 0 Å². The van der Waals surface area contributed by atoms with Crippen LogP contribution < -0.4 is 4.90 Å². The molecule has 0 spiro atoms. The average Bonchev–Trinajstić information content (AvgIpc) is 2.32. The van der Waals surface area contributed by atoms with E-state index < -0.39 is 17.4 Å². The van der Waals surface area contributed by atoms with Crippen LogP contribution in [0, 0.1) is 11.6 Å². The van der Waals surface area contributed by atoms with Crippen molar-refractivity contribution < 1.29 is 13.6 Å². The summed E-state index contributed by atoms with van der Waals surface area (Å²) < 4.78 is 27.4. The molecule has 1 aromatic rings. The second-order valence-electron chi connectivity index (χ2n) is 4.39. The number of piperidine rings is 1. The fourth-order valence-corrected chi connectivity index (χ4v) is 2.18. The number of halogens is 2. The Morgan fingerprint density at radius 2 is 1.76 bits per heavy atom. The van der Waals surface area contributed by atoms with E-state index in [1.807, 2.05) is 4.90 Å². The van der Waals surface area contributed by atoms with Gasteiger partial charge in [-0.3, -0.25) is 4.79 Å². The molecule has 2 rings (SSSR count). The monoisotopic (exact) mass is 239 g/mol. The number of carbonyl (C=O) groups is 1. The number of hydrogen-bond acceptors (Lipinski definition) is 2. The molecule has 0 amide bonds. The van der Waals surface area contributed by atoms with Gasteiger partial charge in [0.25, 0.3) is 0 Å². The van der Waals surface area contributed by atoms with Gasteiger partial charge >= 0.3 is 0 Å². The summed E-state index contributed by atoms with van der Waals surface area (Å²) in [5, 5.41) is 0. The molecule has 0 atom stereocenters. The van der Waals surface area contributed by atoms with E-state index in [0.717, 1.165) is 44.5 Å². The van der Waals surface area contributed by atoms with Gasteiger partial charge in [-0.25, -0.2) is 8.78 Å². The Kier molecular flexibility index (Phi) is 3.41. The lowest BCUT2D eigenvalue weighted by molar-refractivity contribution is 0.101. The molecular formula is C13H15F2NO. The third-order valence-corrected chi connectivity index (χ3v) is 3.11. The van der Waals surface area contributed by atoms with Gasteiger partial charge in [0, 0.05) is 19.2 Å². The van der Waals surface area contributed by atoms with Gasteiger partial charge in [0.2, 0.25) is 0 Å². The van der Waals surface area contributed by atoms with Crippen LogP contribution in [0.2, 0.25) is 0 Å². The molecule has 92 valence electrons. The van der Waals surface area contributed by atoms with Gasteiger partial charge in [0.15, 0.2) is 5.78 Å². The molecule has 0 aromatic heterocycles. The minimum absolute atomic E-state index is 0.178. The quantitative estimate of drug-likeness (QED) is 0.739. The van der Waals surface area contributed by atoms with Gasteiger partial charge in [-0.2, -0.15) is 0 Å². The molecule has 0 radical (unpaired) electrons. The van der Waals surface area contributed by atoms with Crippen molar-refractivity contribution in [3.8, 4) is 0 Å². The third-order valence-electron chi connectivity index (χ3n) is 3.11. The third kappa shape index (κ3) is 2.46. The molecule has 0 N–H and O–H groups in total. The molecule has 0 bridgehead atoms. The zero-order valence-electron chi connectivity index (χ0n) is 9.80. The lowest BCUT2D eigenvalue weighted by atomic mass is 10.1. The Labute approximate surface area is 99.2 Å². The predicted octanol–water partition coefficient (Wildman–Crippen LogP) is 3.16. The summed E-state index contributed by atoms with van der Waals surface area (Å²) >= 11 is 0. The second kappa shape index (κ2) is 4.82. The number of rotatable bonds is 2. The van der Waals surface area contributed by atoms with Crippen molar-refractivity contribution in [1.82, 2.24) is 0 Å². The Balaban J connectivity index is 2.35. The van der Waals surface area contributed by atoms with Gasteiger partial charge in [-0.15, -0.1) is 0 Å². The summed E-state index contributed by atoms with van der Waals surface area (Å²) in [6.07, 6.45) is 3.12.